The third-order valence-corrected chi connectivity index (χ3v) is 5.05. The number of hydrogen-bond donors (Lipinski definition) is 1. The fourth-order valence-corrected chi connectivity index (χ4v) is 3.66. The van der Waals surface area contributed by atoms with Crippen LogP contribution in [0.25, 0.3) is 11.0 Å². The summed E-state index contributed by atoms with van der Waals surface area (Å²) in [5, 5.41) is 4.48. The lowest BCUT2D eigenvalue weighted by molar-refractivity contribution is 0.219. The van der Waals surface area contributed by atoms with Crippen LogP contribution >= 0.6 is 0 Å². The van der Waals surface area contributed by atoms with Gasteiger partial charge in [0.15, 0.2) is 0 Å². The average molecular weight is 348 g/mol. The van der Waals surface area contributed by atoms with Crippen LogP contribution in [0.1, 0.15) is 30.4 Å². The van der Waals surface area contributed by atoms with E-state index >= 15 is 0 Å². The number of nitrogens with zero attached hydrogens (tertiary/aromatic N) is 1. The van der Waals surface area contributed by atoms with Gasteiger partial charge < -0.3 is 9.73 Å². The van der Waals surface area contributed by atoms with Gasteiger partial charge in [0.05, 0.1) is 11.3 Å². The van der Waals surface area contributed by atoms with Crippen molar-refractivity contribution in [3.8, 4) is 0 Å². The number of hydrogen-bond acceptors (Lipinski definition) is 4. The molecule has 1 aromatic heterocycles. The van der Waals surface area contributed by atoms with E-state index in [2.05, 4.69) is 22.3 Å². The van der Waals surface area contributed by atoms with Gasteiger partial charge in [-0.05, 0) is 43.6 Å². The smallest absolute Gasteiger partial charge is 0.342 e. The van der Waals surface area contributed by atoms with Gasteiger partial charge in [0.25, 0.3) is 0 Å². The average Bonchev–Trinajstić information content (AvgIpc) is 2.69. The van der Waals surface area contributed by atoms with Gasteiger partial charge in [0, 0.05) is 18.5 Å². The van der Waals surface area contributed by atoms with Crippen LogP contribution in [0.3, 0.4) is 0 Å². The second-order valence-electron chi connectivity index (χ2n) is 6.92. The minimum atomic E-state index is -0.232. The molecule has 4 nitrogen and oxygen atoms in total. The fraction of sp³-hybridized carbons (Fsp3) is 0.318. The fourth-order valence-electron chi connectivity index (χ4n) is 3.66. The van der Waals surface area contributed by atoms with Crippen molar-refractivity contribution in [2.24, 2.45) is 0 Å². The highest BCUT2D eigenvalue weighted by Crippen LogP contribution is 2.27. The maximum atomic E-state index is 12.7. The molecule has 134 valence electrons. The van der Waals surface area contributed by atoms with E-state index in [1.165, 1.54) is 24.8 Å². The van der Waals surface area contributed by atoms with Crippen LogP contribution in [-0.4, -0.2) is 18.0 Å². The first-order valence-corrected chi connectivity index (χ1v) is 9.36. The third-order valence-electron chi connectivity index (χ3n) is 5.05. The van der Waals surface area contributed by atoms with Crippen molar-refractivity contribution in [2.45, 2.75) is 32.4 Å². The predicted molar refractivity (Wildman–Crippen MR) is 105 cm³/mol. The molecule has 0 bridgehead atoms. The number of fused-ring (bicyclic) bond motifs is 1. The molecule has 4 rings (SSSR count). The first-order valence-electron chi connectivity index (χ1n) is 9.36. The summed E-state index contributed by atoms with van der Waals surface area (Å²) in [4.78, 5) is 15.1. The molecular formula is C22H24N2O2. The van der Waals surface area contributed by atoms with Crippen LogP contribution in [0.5, 0.6) is 0 Å². The normalized spacial score (nSPS) is 15.2. The Kier molecular flexibility index (Phi) is 5.02. The summed E-state index contributed by atoms with van der Waals surface area (Å²) in [5.41, 5.74) is 3.24. The number of nitrogens with one attached hydrogen (secondary N) is 1. The Morgan fingerprint density at radius 2 is 1.65 bits per heavy atom. The highest BCUT2D eigenvalue weighted by Gasteiger charge is 2.19. The Hall–Kier alpha value is -2.59. The van der Waals surface area contributed by atoms with Crippen molar-refractivity contribution in [2.75, 3.05) is 18.4 Å². The second kappa shape index (κ2) is 7.75. The maximum absolute atomic E-state index is 12.7. The van der Waals surface area contributed by atoms with Gasteiger partial charge in [-0.3, -0.25) is 4.90 Å². The Morgan fingerprint density at radius 1 is 0.923 bits per heavy atom. The van der Waals surface area contributed by atoms with E-state index in [9.17, 15) is 4.79 Å². The predicted octanol–water partition coefficient (Wildman–Crippen LogP) is 4.39. The lowest BCUT2D eigenvalue weighted by Crippen LogP contribution is -2.31. The molecule has 1 saturated heterocycles. The number of likely N-dealkylation sites (tertiary alicyclic amines) is 1. The van der Waals surface area contributed by atoms with Crippen LogP contribution in [0.4, 0.5) is 5.69 Å². The molecule has 3 aromatic rings. The van der Waals surface area contributed by atoms with Crippen LogP contribution < -0.4 is 10.9 Å². The number of piperidine rings is 1. The summed E-state index contributed by atoms with van der Waals surface area (Å²) in [7, 11) is 0. The lowest BCUT2D eigenvalue weighted by atomic mass is 10.1. The zero-order valence-corrected chi connectivity index (χ0v) is 14.9. The summed E-state index contributed by atoms with van der Waals surface area (Å²) < 4.78 is 5.60. The molecule has 2 aromatic carbocycles. The van der Waals surface area contributed by atoms with Crippen molar-refractivity contribution in [1.29, 1.82) is 0 Å². The number of anilines is 1. The number of benzene rings is 2. The van der Waals surface area contributed by atoms with Gasteiger partial charge >= 0.3 is 5.63 Å². The van der Waals surface area contributed by atoms with Gasteiger partial charge in [-0.15, -0.1) is 0 Å². The topological polar surface area (TPSA) is 45.5 Å². The summed E-state index contributed by atoms with van der Waals surface area (Å²) in [6.45, 7) is 3.42. The molecule has 0 spiro atoms. The molecule has 1 N–H and O–H groups in total. The van der Waals surface area contributed by atoms with Gasteiger partial charge in [0.2, 0.25) is 0 Å². The van der Waals surface area contributed by atoms with Gasteiger partial charge in [-0.2, -0.15) is 0 Å². The monoisotopic (exact) mass is 348 g/mol. The van der Waals surface area contributed by atoms with E-state index in [1.54, 1.807) is 0 Å². The Bertz CT molecular complexity index is 928. The molecule has 0 saturated carbocycles. The van der Waals surface area contributed by atoms with E-state index < -0.39 is 0 Å². The molecular weight excluding hydrogens is 324 g/mol. The van der Waals surface area contributed by atoms with E-state index in [4.69, 9.17) is 4.42 Å². The minimum Gasteiger partial charge on any atom is -0.422 e. The second-order valence-corrected chi connectivity index (χ2v) is 6.92. The number of para-hydroxylation sites is 1. The molecule has 0 unspecified atom stereocenters. The van der Waals surface area contributed by atoms with Gasteiger partial charge in [0.1, 0.15) is 5.58 Å². The van der Waals surface area contributed by atoms with Crippen molar-refractivity contribution >= 4 is 16.7 Å². The summed E-state index contributed by atoms with van der Waals surface area (Å²) in [5.74, 6) is 0. The van der Waals surface area contributed by atoms with Crippen LogP contribution in [0.15, 0.2) is 63.8 Å². The lowest BCUT2D eigenvalue weighted by Gasteiger charge is -2.27. The van der Waals surface area contributed by atoms with Crippen molar-refractivity contribution in [1.82, 2.24) is 4.90 Å². The van der Waals surface area contributed by atoms with Crippen LogP contribution in [-0.2, 0) is 13.1 Å². The standard InChI is InChI=1S/C22H24N2O2/c25-22-19(16-24-13-7-2-8-14-24)21(18-11-5-6-12-20(18)26-22)23-15-17-9-3-1-4-10-17/h1,3-6,9-12,23H,2,7-8,13-16H2. The Balaban J connectivity index is 1.71. The molecule has 26 heavy (non-hydrogen) atoms. The molecule has 4 heteroatoms. The molecule has 0 aliphatic carbocycles. The van der Waals surface area contributed by atoms with Crippen molar-refractivity contribution in [3.63, 3.8) is 0 Å². The molecule has 0 atom stereocenters. The summed E-state index contributed by atoms with van der Waals surface area (Å²) >= 11 is 0. The van der Waals surface area contributed by atoms with Crippen LogP contribution in [0, 0.1) is 0 Å². The zero-order valence-electron chi connectivity index (χ0n) is 14.9. The van der Waals surface area contributed by atoms with Gasteiger partial charge in [-0.1, -0.05) is 48.9 Å². The van der Waals surface area contributed by atoms with E-state index in [0.29, 0.717) is 18.7 Å². The highest BCUT2D eigenvalue weighted by molar-refractivity contribution is 5.91. The van der Waals surface area contributed by atoms with E-state index in [1.807, 2.05) is 42.5 Å². The molecule has 1 aliphatic rings. The Morgan fingerprint density at radius 3 is 2.46 bits per heavy atom. The minimum absolute atomic E-state index is 0.232. The largest absolute Gasteiger partial charge is 0.422 e. The maximum Gasteiger partial charge on any atom is 0.342 e. The molecule has 1 aliphatic heterocycles. The zero-order chi connectivity index (χ0) is 17.8. The van der Waals surface area contributed by atoms with Gasteiger partial charge in [-0.25, -0.2) is 4.79 Å². The molecule has 1 fully saturated rings. The van der Waals surface area contributed by atoms with E-state index in [-0.39, 0.29) is 5.63 Å². The summed E-state index contributed by atoms with van der Waals surface area (Å²) in [6.07, 6.45) is 3.68. The van der Waals surface area contributed by atoms with Crippen molar-refractivity contribution in [3.05, 3.63) is 76.1 Å². The third kappa shape index (κ3) is 3.65. The quantitative estimate of drug-likeness (QED) is 0.695. The summed E-state index contributed by atoms with van der Waals surface area (Å²) in [6, 6.07) is 18.0. The Labute approximate surface area is 153 Å². The highest BCUT2D eigenvalue weighted by atomic mass is 16.4. The van der Waals surface area contributed by atoms with E-state index in [0.717, 1.165) is 29.7 Å². The molecule has 2 heterocycles. The first-order chi connectivity index (χ1) is 12.8. The van der Waals surface area contributed by atoms with Crippen molar-refractivity contribution < 1.29 is 4.42 Å². The molecule has 0 amide bonds. The number of rotatable bonds is 5. The van der Waals surface area contributed by atoms with Crippen LogP contribution in [0.2, 0.25) is 0 Å². The first kappa shape index (κ1) is 16.9. The molecule has 0 radical (unpaired) electrons. The SMILES string of the molecule is O=c1oc2ccccc2c(NCc2ccccc2)c1CN1CCCCC1.